The normalized spacial score (nSPS) is 16.6. The molecule has 0 radical (unpaired) electrons. The van der Waals surface area contributed by atoms with E-state index in [4.69, 9.17) is 8.83 Å². The van der Waals surface area contributed by atoms with Crippen LogP contribution in [0.25, 0.3) is 88.4 Å². The first-order valence-corrected chi connectivity index (χ1v) is 24.7. The summed E-state index contributed by atoms with van der Waals surface area (Å²) in [7, 11) is 0. The maximum absolute atomic E-state index is 7.04. The summed E-state index contributed by atoms with van der Waals surface area (Å²) >= 11 is 0. The lowest BCUT2D eigenvalue weighted by atomic mass is 9.72. The van der Waals surface area contributed by atoms with Gasteiger partial charge in [0, 0.05) is 71.4 Å². The topological polar surface area (TPSA) is 29.5 Å². The van der Waals surface area contributed by atoms with Crippen LogP contribution in [0.3, 0.4) is 0 Å². The van der Waals surface area contributed by atoms with Crippen molar-refractivity contribution in [3.05, 3.63) is 208 Å². The standard InChI is InChI=1S/C66H51NO2/c1-63(2)45-26-16-12-22-39(45)51-53-43-24-14-18-28-49(43)68-61(53)55-41-32-30-37(34-47(41)65(5,6)59(55)57(51)63)67(36-20-10-9-11-21-36)38-31-33-42-48(35-38)66(7,8)60-56(42)62-54(44-25-15-19-29-50(44)69-62)52-40-23-13-17-27-46(40)64(3,4)58(52)60/h9-35H,1-8H3. The van der Waals surface area contributed by atoms with Crippen LogP contribution in [0.5, 0.6) is 0 Å². The third-order valence-electron chi connectivity index (χ3n) is 17.3. The molecule has 0 saturated heterocycles. The van der Waals surface area contributed by atoms with Crippen LogP contribution in [0.2, 0.25) is 0 Å². The van der Waals surface area contributed by atoms with Crippen molar-refractivity contribution in [2.45, 2.75) is 77.0 Å². The van der Waals surface area contributed by atoms with Crippen LogP contribution in [-0.4, -0.2) is 0 Å². The fraction of sp³-hybridized carbons (Fsp3) is 0.182. The van der Waals surface area contributed by atoms with Crippen molar-refractivity contribution in [3.63, 3.8) is 0 Å². The van der Waals surface area contributed by atoms with E-state index in [1.807, 2.05) is 0 Å². The van der Waals surface area contributed by atoms with Crippen LogP contribution in [0.1, 0.15) is 99.9 Å². The number of furan rings is 2. The lowest BCUT2D eigenvalue weighted by Crippen LogP contribution is -2.24. The summed E-state index contributed by atoms with van der Waals surface area (Å²) in [6, 6.07) is 60.7. The zero-order valence-corrected chi connectivity index (χ0v) is 40.4. The van der Waals surface area contributed by atoms with Crippen molar-refractivity contribution in [1.29, 1.82) is 0 Å². The lowest BCUT2D eigenvalue weighted by Gasteiger charge is -2.32. The third-order valence-corrected chi connectivity index (χ3v) is 17.3. The Balaban J connectivity index is 0.954. The van der Waals surface area contributed by atoms with Crippen molar-refractivity contribution in [1.82, 2.24) is 0 Å². The molecule has 4 aliphatic rings. The van der Waals surface area contributed by atoms with E-state index in [-0.39, 0.29) is 21.7 Å². The van der Waals surface area contributed by atoms with Crippen molar-refractivity contribution >= 4 is 60.9 Å². The van der Waals surface area contributed by atoms with Crippen LogP contribution < -0.4 is 4.90 Å². The van der Waals surface area contributed by atoms with Gasteiger partial charge in [0.15, 0.2) is 0 Å². The third kappa shape index (κ3) is 4.65. The molecule has 0 spiro atoms. The number of fused-ring (bicyclic) bond motifs is 24. The van der Waals surface area contributed by atoms with Crippen LogP contribution >= 0.6 is 0 Å². The average Bonchev–Trinajstić information content (AvgIpc) is 4.14. The van der Waals surface area contributed by atoms with Crippen LogP contribution in [0, 0.1) is 0 Å². The zero-order chi connectivity index (χ0) is 46.7. The first-order chi connectivity index (χ1) is 33.3. The lowest BCUT2D eigenvalue weighted by molar-refractivity contribution is 0.600. The average molecular weight is 890 g/mol. The molecule has 0 fully saturated rings. The summed E-state index contributed by atoms with van der Waals surface area (Å²) in [5.41, 5.74) is 27.5. The van der Waals surface area contributed by atoms with E-state index in [2.05, 4.69) is 224 Å². The van der Waals surface area contributed by atoms with Gasteiger partial charge in [-0.15, -0.1) is 0 Å². The molecule has 69 heavy (non-hydrogen) atoms. The van der Waals surface area contributed by atoms with Gasteiger partial charge < -0.3 is 13.7 Å². The Morgan fingerprint density at radius 2 is 0.681 bits per heavy atom. The molecule has 9 aromatic carbocycles. The molecular weight excluding hydrogens is 839 g/mol. The molecule has 2 heterocycles. The van der Waals surface area contributed by atoms with E-state index in [0.29, 0.717) is 0 Å². The minimum Gasteiger partial charge on any atom is -0.455 e. The molecule has 0 bridgehead atoms. The molecule has 11 aromatic rings. The highest BCUT2D eigenvalue weighted by atomic mass is 16.3. The highest BCUT2D eigenvalue weighted by Gasteiger charge is 2.51. The summed E-state index contributed by atoms with van der Waals surface area (Å²) in [5, 5.41) is 4.82. The number of hydrogen-bond acceptors (Lipinski definition) is 3. The van der Waals surface area contributed by atoms with Gasteiger partial charge >= 0.3 is 0 Å². The molecule has 15 rings (SSSR count). The van der Waals surface area contributed by atoms with Gasteiger partial charge in [-0.2, -0.15) is 0 Å². The summed E-state index contributed by atoms with van der Waals surface area (Å²) < 4.78 is 14.1. The monoisotopic (exact) mass is 889 g/mol. The Bertz CT molecular complexity index is 3880. The number of benzene rings is 9. The molecule has 0 N–H and O–H groups in total. The summed E-state index contributed by atoms with van der Waals surface area (Å²) in [4.78, 5) is 2.47. The van der Waals surface area contributed by atoms with Gasteiger partial charge in [0.25, 0.3) is 0 Å². The predicted octanol–water partition coefficient (Wildman–Crippen LogP) is 18.2. The first kappa shape index (κ1) is 39.4. The molecule has 3 heteroatoms. The van der Waals surface area contributed by atoms with E-state index >= 15 is 0 Å². The van der Waals surface area contributed by atoms with Gasteiger partial charge in [-0.3, -0.25) is 0 Å². The van der Waals surface area contributed by atoms with E-state index in [9.17, 15) is 0 Å². The van der Waals surface area contributed by atoms with Crippen molar-refractivity contribution in [3.8, 4) is 44.5 Å². The Kier molecular flexibility index (Phi) is 7.26. The van der Waals surface area contributed by atoms with Gasteiger partial charge in [-0.1, -0.05) is 171 Å². The maximum Gasteiger partial charge on any atom is 0.144 e. The first-order valence-electron chi connectivity index (χ1n) is 24.7. The van der Waals surface area contributed by atoms with Gasteiger partial charge in [-0.05, 0) is 126 Å². The second kappa shape index (κ2) is 12.7. The Labute approximate surface area is 402 Å². The number of hydrogen-bond donors (Lipinski definition) is 0. The number of rotatable bonds is 3. The van der Waals surface area contributed by atoms with Crippen molar-refractivity contribution in [2.24, 2.45) is 0 Å². The minimum atomic E-state index is -0.329. The second-order valence-electron chi connectivity index (χ2n) is 22.3. The molecule has 332 valence electrons. The Hall–Kier alpha value is -7.62. The number of nitrogens with zero attached hydrogens (tertiary/aromatic N) is 1. The molecule has 3 nitrogen and oxygen atoms in total. The molecule has 2 aromatic heterocycles. The van der Waals surface area contributed by atoms with E-state index in [0.717, 1.165) is 39.4 Å². The summed E-state index contributed by atoms with van der Waals surface area (Å²) in [6.07, 6.45) is 0. The van der Waals surface area contributed by atoms with Gasteiger partial charge in [0.2, 0.25) is 0 Å². The smallest absolute Gasteiger partial charge is 0.144 e. The Morgan fingerprint density at radius 3 is 1.14 bits per heavy atom. The second-order valence-corrected chi connectivity index (χ2v) is 22.3. The maximum atomic E-state index is 7.04. The molecular formula is C66H51NO2. The Morgan fingerprint density at radius 1 is 0.319 bits per heavy atom. The fourth-order valence-corrected chi connectivity index (χ4v) is 14.3. The molecule has 0 unspecified atom stereocenters. The molecule has 0 aliphatic heterocycles. The molecule has 4 aliphatic carbocycles. The van der Waals surface area contributed by atoms with E-state index in [1.54, 1.807) is 0 Å². The predicted molar refractivity (Wildman–Crippen MR) is 286 cm³/mol. The van der Waals surface area contributed by atoms with Crippen LogP contribution in [0.4, 0.5) is 17.1 Å². The summed E-state index contributed by atoms with van der Waals surface area (Å²) in [6.45, 7) is 19.5. The van der Waals surface area contributed by atoms with Crippen molar-refractivity contribution in [2.75, 3.05) is 4.90 Å². The van der Waals surface area contributed by atoms with E-state index in [1.165, 1.54) is 111 Å². The van der Waals surface area contributed by atoms with Gasteiger partial charge in [-0.25, -0.2) is 0 Å². The van der Waals surface area contributed by atoms with Gasteiger partial charge in [0.1, 0.15) is 22.3 Å². The fourth-order valence-electron chi connectivity index (χ4n) is 14.3. The van der Waals surface area contributed by atoms with Gasteiger partial charge in [0.05, 0.1) is 0 Å². The molecule has 0 amide bonds. The van der Waals surface area contributed by atoms with Crippen LogP contribution in [0.15, 0.2) is 173 Å². The SMILES string of the molecule is CC1(C)c2cc(N(c3ccccc3)c3ccc4c(c3)C(C)(C)c3c5c(c6c(oc7ccccc76)c3-4)-c3ccccc3C5(C)C)ccc2-c2c1c1c(c3c2oc2ccccc23)-c2ccccc2C1(C)C. The van der Waals surface area contributed by atoms with Crippen LogP contribution in [-0.2, 0) is 21.7 Å². The zero-order valence-electron chi connectivity index (χ0n) is 40.4. The largest absolute Gasteiger partial charge is 0.455 e. The minimum absolute atomic E-state index is 0.207. The quantitative estimate of drug-likeness (QED) is 0.177. The van der Waals surface area contributed by atoms with Crippen molar-refractivity contribution < 1.29 is 8.83 Å². The summed E-state index contributed by atoms with van der Waals surface area (Å²) in [5.74, 6) is 0. The molecule has 0 saturated carbocycles. The highest BCUT2D eigenvalue weighted by molar-refractivity contribution is 6.22. The number of para-hydroxylation sites is 3. The number of anilines is 3. The van der Waals surface area contributed by atoms with E-state index < -0.39 is 0 Å². The highest BCUT2D eigenvalue weighted by Crippen LogP contribution is 2.66. The molecule has 0 atom stereocenters.